The van der Waals surface area contributed by atoms with Crippen molar-refractivity contribution in [1.82, 2.24) is 20.3 Å². The molecule has 0 aliphatic rings. The Morgan fingerprint density at radius 1 is 1.17 bits per heavy atom. The van der Waals surface area contributed by atoms with E-state index in [2.05, 4.69) is 20.3 Å². The fourth-order valence-electron chi connectivity index (χ4n) is 1.40. The lowest BCUT2D eigenvalue weighted by atomic mass is 10.3. The van der Waals surface area contributed by atoms with E-state index in [4.69, 9.17) is 13.8 Å². The fraction of sp³-hybridized carbons (Fsp3) is 0.0909. The Morgan fingerprint density at radius 2 is 2.11 bits per heavy atom. The molecule has 18 heavy (non-hydrogen) atoms. The summed E-state index contributed by atoms with van der Waals surface area (Å²) in [5, 5.41) is 7.56. The van der Waals surface area contributed by atoms with Crippen molar-refractivity contribution in [3.63, 3.8) is 0 Å². The van der Waals surface area contributed by atoms with Crippen molar-refractivity contribution in [2.75, 3.05) is 7.11 Å². The van der Waals surface area contributed by atoms with Crippen molar-refractivity contribution in [3.05, 3.63) is 30.7 Å². The van der Waals surface area contributed by atoms with Gasteiger partial charge >= 0.3 is 0 Å². The van der Waals surface area contributed by atoms with Gasteiger partial charge < -0.3 is 13.8 Å². The molecule has 0 unspecified atom stereocenters. The first-order valence-corrected chi connectivity index (χ1v) is 5.11. The Morgan fingerprint density at radius 3 is 2.78 bits per heavy atom. The van der Waals surface area contributed by atoms with Crippen molar-refractivity contribution in [3.8, 4) is 28.9 Å². The van der Waals surface area contributed by atoms with Crippen LogP contribution in [-0.4, -0.2) is 27.4 Å². The van der Waals surface area contributed by atoms with Gasteiger partial charge in [-0.05, 0) is 6.07 Å². The Bertz CT molecular complexity index is 631. The van der Waals surface area contributed by atoms with Gasteiger partial charge in [0.05, 0.1) is 7.11 Å². The highest BCUT2D eigenvalue weighted by Crippen LogP contribution is 2.21. The molecule has 7 nitrogen and oxygen atoms in total. The van der Waals surface area contributed by atoms with Crippen molar-refractivity contribution in [1.29, 1.82) is 0 Å². The predicted molar refractivity (Wildman–Crippen MR) is 59.6 cm³/mol. The second-order valence-corrected chi connectivity index (χ2v) is 3.40. The van der Waals surface area contributed by atoms with Crippen molar-refractivity contribution < 1.29 is 13.8 Å². The minimum absolute atomic E-state index is 0.301. The molecule has 3 aromatic heterocycles. The third-order valence-corrected chi connectivity index (χ3v) is 2.29. The van der Waals surface area contributed by atoms with Crippen LogP contribution in [0.25, 0.3) is 23.0 Å². The first-order chi connectivity index (χ1) is 8.86. The Kier molecular flexibility index (Phi) is 2.49. The summed E-state index contributed by atoms with van der Waals surface area (Å²) in [7, 11) is 1.55. The first kappa shape index (κ1) is 10.5. The van der Waals surface area contributed by atoms with Crippen LogP contribution in [0.1, 0.15) is 0 Å². The van der Waals surface area contributed by atoms with Crippen LogP contribution in [0.3, 0.4) is 0 Å². The quantitative estimate of drug-likeness (QED) is 0.694. The molecule has 7 heteroatoms. The summed E-state index contributed by atoms with van der Waals surface area (Å²) in [6.45, 7) is 0. The standard InChI is InChI=1S/C11H8N4O3/c1-16-9-3-2-7(6-12-9)10-13-11(18-15-10)8-4-5-17-14-8/h2-6H,1H3. The zero-order valence-corrected chi connectivity index (χ0v) is 9.40. The Hall–Kier alpha value is -2.70. The molecule has 0 saturated heterocycles. The van der Waals surface area contributed by atoms with Gasteiger partial charge in [-0.2, -0.15) is 4.98 Å². The normalized spacial score (nSPS) is 10.5. The van der Waals surface area contributed by atoms with E-state index in [-0.39, 0.29) is 0 Å². The van der Waals surface area contributed by atoms with Gasteiger partial charge in [-0.15, -0.1) is 0 Å². The van der Waals surface area contributed by atoms with Crippen molar-refractivity contribution >= 4 is 0 Å². The van der Waals surface area contributed by atoms with Gasteiger partial charge in [0.2, 0.25) is 11.7 Å². The van der Waals surface area contributed by atoms with E-state index in [1.807, 2.05) is 0 Å². The maximum Gasteiger partial charge on any atom is 0.280 e. The maximum atomic E-state index is 5.08. The summed E-state index contributed by atoms with van der Waals surface area (Å²) in [5.74, 6) is 1.26. The topological polar surface area (TPSA) is 87.1 Å². The molecule has 0 amide bonds. The van der Waals surface area contributed by atoms with E-state index >= 15 is 0 Å². The third-order valence-electron chi connectivity index (χ3n) is 2.29. The van der Waals surface area contributed by atoms with Gasteiger partial charge in [-0.25, -0.2) is 4.98 Å². The molecule has 0 aliphatic carbocycles. The van der Waals surface area contributed by atoms with Crippen LogP contribution in [0.5, 0.6) is 5.88 Å². The molecule has 3 aromatic rings. The second-order valence-electron chi connectivity index (χ2n) is 3.40. The summed E-state index contributed by atoms with van der Waals surface area (Å²) in [6, 6.07) is 5.16. The first-order valence-electron chi connectivity index (χ1n) is 5.11. The average molecular weight is 244 g/mol. The second kappa shape index (κ2) is 4.28. The van der Waals surface area contributed by atoms with Gasteiger partial charge in [0.15, 0.2) is 5.69 Å². The molecular weight excluding hydrogens is 236 g/mol. The number of hydrogen-bond donors (Lipinski definition) is 0. The SMILES string of the molecule is COc1ccc(-c2noc(-c3ccon3)n2)cn1. The lowest BCUT2D eigenvalue weighted by Gasteiger charge is -1.97. The van der Waals surface area contributed by atoms with Crippen LogP contribution in [0.2, 0.25) is 0 Å². The number of rotatable bonds is 3. The zero-order valence-electron chi connectivity index (χ0n) is 9.40. The molecule has 0 fully saturated rings. The fourth-order valence-corrected chi connectivity index (χ4v) is 1.40. The predicted octanol–water partition coefficient (Wildman–Crippen LogP) is 1.80. The van der Waals surface area contributed by atoms with E-state index < -0.39 is 0 Å². The molecule has 0 radical (unpaired) electrons. The van der Waals surface area contributed by atoms with Crippen LogP contribution < -0.4 is 4.74 Å². The summed E-state index contributed by atoms with van der Waals surface area (Å²) < 4.78 is 14.8. The molecule has 0 N–H and O–H groups in total. The molecule has 0 saturated carbocycles. The van der Waals surface area contributed by atoms with Crippen LogP contribution in [0.4, 0.5) is 0 Å². The summed E-state index contributed by atoms with van der Waals surface area (Å²) in [6.07, 6.45) is 3.05. The molecule has 3 rings (SSSR count). The number of nitrogens with zero attached hydrogens (tertiary/aromatic N) is 4. The molecule has 0 spiro atoms. The number of hydrogen-bond acceptors (Lipinski definition) is 7. The number of methoxy groups -OCH3 is 1. The minimum atomic E-state index is 0.301. The third kappa shape index (κ3) is 1.81. The van der Waals surface area contributed by atoms with Crippen LogP contribution >= 0.6 is 0 Å². The zero-order chi connectivity index (χ0) is 12.4. The highest BCUT2D eigenvalue weighted by atomic mass is 16.5. The monoisotopic (exact) mass is 244 g/mol. The number of ether oxygens (including phenoxy) is 1. The van der Waals surface area contributed by atoms with E-state index in [9.17, 15) is 0 Å². The highest BCUT2D eigenvalue weighted by Gasteiger charge is 2.12. The number of pyridine rings is 1. The van der Waals surface area contributed by atoms with Crippen LogP contribution in [0, 0.1) is 0 Å². The van der Waals surface area contributed by atoms with Gasteiger partial charge in [0, 0.05) is 23.9 Å². The summed E-state index contributed by atoms with van der Waals surface area (Å²) in [5.41, 5.74) is 1.23. The molecule has 3 heterocycles. The maximum absolute atomic E-state index is 5.08. The van der Waals surface area contributed by atoms with Crippen molar-refractivity contribution in [2.45, 2.75) is 0 Å². The van der Waals surface area contributed by atoms with E-state index in [1.165, 1.54) is 6.26 Å². The molecule has 0 atom stereocenters. The van der Waals surface area contributed by atoms with Gasteiger partial charge in [0.1, 0.15) is 6.26 Å². The molecule has 90 valence electrons. The average Bonchev–Trinajstić information content (AvgIpc) is 3.09. The van der Waals surface area contributed by atoms with Gasteiger partial charge in [0.25, 0.3) is 5.89 Å². The van der Waals surface area contributed by atoms with Gasteiger partial charge in [-0.1, -0.05) is 10.3 Å². The van der Waals surface area contributed by atoms with Gasteiger partial charge in [-0.3, -0.25) is 0 Å². The lowest BCUT2D eigenvalue weighted by molar-refractivity contribution is 0.398. The molecule has 0 bridgehead atoms. The molecular formula is C11H8N4O3. The van der Waals surface area contributed by atoms with Crippen molar-refractivity contribution in [2.24, 2.45) is 0 Å². The van der Waals surface area contributed by atoms with E-state index in [1.54, 1.807) is 31.5 Å². The lowest BCUT2D eigenvalue weighted by Crippen LogP contribution is -1.88. The van der Waals surface area contributed by atoms with Crippen LogP contribution in [-0.2, 0) is 0 Å². The Balaban J connectivity index is 1.92. The number of aromatic nitrogens is 4. The van der Waals surface area contributed by atoms with E-state index in [0.29, 0.717) is 23.3 Å². The summed E-state index contributed by atoms with van der Waals surface area (Å²) in [4.78, 5) is 8.26. The van der Waals surface area contributed by atoms with Crippen LogP contribution in [0.15, 0.2) is 39.7 Å². The smallest absolute Gasteiger partial charge is 0.280 e. The largest absolute Gasteiger partial charge is 0.481 e. The summed E-state index contributed by atoms with van der Waals surface area (Å²) >= 11 is 0. The van der Waals surface area contributed by atoms with E-state index in [0.717, 1.165) is 5.56 Å². The Labute approximate surface area is 101 Å². The highest BCUT2D eigenvalue weighted by molar-refractivity contribution is 5.56. The minimum Gasteiger partial charge on any atom is -0.481 e. The molecule has 0 aromatic carbocycles. The molecule has 0 aliphatic heterocycles.